The molecule has 0 aliphatic rings. The standard InChI is InChI=1S/C10H20N2S/c1-3-4-5-7-12-10(9-11)6-8-13-2/h10,12H,5-9,11H2,1-2H3. The third-order valence-electron chi connectivity index (χ3n) is 1.81. The summed E-state index contributed by atoms with van der Waals surface area (Å²) in [7, 11) is 0. The summed E-state index contributed by atoms with van der Waals surface area (Å²) >= 11 is 1.87. The van der Waals surface area contributed by atoms with Gasteiger partial charge in [0.2, 0.25) is 0 Å². The van der Waals surface area contributed by atoms with Gasteiger partial charge in [0, 0.05) is 25.6 Å². The molecule has 0 bridgehead atoms. The Balaban J connectivity index is 3.39. The first-order chi connectivity index (χ1) is 6.35. The van der Waals surface area contributed by atoms with E-state index >= 15 is 0 Å². The number of rotatable bonds is 7. The van der Waals surface area contributed by atoms with Crippen LogP contribution in [0.25, 0.3) is 0 Å². The number of thioether (sulfide) groups is 1. The third-order valence-corrected chi connectivity index (χ3v) is 2.46. The van der Waals surface area contributed by atoms with Gasteiger partial charge in [0.05, 0.1) is 0 Å². The second-order valence-corrected chi connectivity index (χ2v) is 3.83. The zero-order chi connectivity index (χ0) is 9.94. The number of nitrogens with two attached hydrogens (primary N) is 1. The molecule has 1 unspecified atom stereocenters. The lowest BCUT2D eigenvalue weighted by molar-refractivity contribution is 0.516. The van der Waals surface area contributed by atoms with Crippen LogP contribution < -0.4 is 11.1 Å². The Bertz CT molecular complexity index is 160. The van der Waals surface area contributed by atoms with Crippen LogP contribution in [0, 0.1) is 11.8 Å². The van der Waals surface area contributed by atoms with Crippen molar-refractivity contribution in [2.45, 2.75) is 25.8 Å². The van der Waals surface area contributed by atoms with Gasteiger partial charge < -0.3 is 11.1 Å². The highest BCUT2D eigenvalue weighted by Gasteiger charge is 2.03. The molecule has 0 saturated carbocycles. The fourth-order valence-corrected chi connectivity index (χ4v) is 1.55. The van der Waals surface area contributed by atoms with Crippen molar-refractivity contribution in [3.8, 4) is 11.8 Å². The highest BCUT2D eigenvalue weighted by atomic mass is 32.2. The highest BCUT2D eigenvalue weighted by molar-refractivity contribution is 7.98. The Kier molecular flexibility index (Phi) is 9.78. The smallest absolute Gasteiger partial charge is 0.0214 e. The van der Waals surface area contributed by atoms with Crippen LogP contribution in [0.2, 0.25) is 0 Å². The summed E-state index contributed by atoms with van der Waals surface area (Å²) in [6.45, 7) is 3.55. The SMILES string of the molecule is CC#CCCNC(CN)CCSC. The van der Waals surface area contributed by atoms with Gasteiger partial charge in [-0.05, 0) is 25.4 Å². The minimum atomic E-state index is 0.464. The third kappa shape index (κ3) is 8.17. The summed E-state index contributed by atoms with van der Waals surface area (Å²) in [5.41, 5.74) is 5.62. The maximum absolute atomic E-state index is 5.62. The molecule has 0 fully saturated rings. The molecule has 76 valence electrons. The van der Waals surface area contributed by atoms with E-state index < -0.39 is 0 Å². The monoisotopic (exact) mass is 200 g/mol. The Morgan fingerprint density at radius 3 is 2.85 bits per heavy atom. The van der Waals surface area contributed by atoms with Crippen molar-refractivity contribution in [2.24, 2.45) is 5.73 Å². The van der Waals surface area contributed by atoms with Crippen molar-refractivity contribution < 1.29 is 0 Å². The Hall–Kier alpha value is -0.170. The van der Waals surface area contributed by atoms with Crippen molar-refractivity contribution in [1.82, 2.24) is 5.32 Å². The maximum atomic E-state index is 5.62. The molecule has 0 amide bonds. The molecule has 0 spiro atoms. The fraction of sp³-hybridized carbons (Fsp3) is 0.800. The minimum absolute atomic E-state index is 0.464. The van der Waals surface area contributed by atoms with Gasteiger partial charge in [0.15, 0.2) is 0 Å². The first-order valence-corrected chi connectivity index (χ1v) is 6.06. The molecule has 0 heterocycles. The van der Waals surface area contributed by atoms with Crippen LogP contribution in [-0.2, 0) is 0 Å². The van der Waals surface area contributed by atoms with Gasteiger partial charge in [-0.2, -0.15) is 11.8 Å². The molecule has 0 rings (SSSR count). The molecule has 2 nitrogen and oxygen atoms in total. The lowest BCUT2D eigenvalue weighted by atomic mass is 10.2. The second-order valence-electron chi connectivity index (χ2n) is 2.85. The molecule has 0 aliphatic carbocycles. The van der Waals surface area contributed by atoms with E-state index in [0.717, 1.165) is 25.9 Å². The summed E-state index contributed by atoms with van der Waals surface area (Å²) < 4.78 is 0. The largest absolute Gasteiger partial charge is 0.329 e. The lowest BCUT2D eigenvalue weighted by Crippen LogP contribution is -2.37. The molecule has 1 atom stereocenters. The molecule has 0 aromatic heterocycles. The predicted octanol–water partition coefficient (Wildman–Crippen LogP) is 1.07. The molecule has 13 heavy (non-hydrogen) atoms. The van der Waals surface area contributed by atoms with Crippen molar-refractivity contribution in [1.29, 1.82) is 0 Å². The van der Waals surface area contributed by atoms with Crippen molar-refractivity contribution in [3.63, 3.8) is 0 Å². The molecule has 0 saturated heterocycles. The molecule has 0 aliphatic heterocycles. The van der Waals surface area contributed by atoms with Gasteiger partial charge in [-0.1, -0.05) is 0 Å². The quantitative estimate of drug-likeness (QED) is 0.477. The van der Waals surface area contributed by atoms with Crippen LogP contribution in [0.1, 0.15) is 19.8 Å². The number of hydrogen-bond acceptors (Lipinski definition) is 3. The molecule has 3 heteroatoms. The van der Waals surface area contributed by atoms with E-state index in [1.165, 1.54) is 5.75 Å². The van der Waals surface area contributed by atoms with Gasteiger partial charge in [-0.15, -0.1) is 11.8 Å². The van der Waals surface area contributed by atoms with Crippen molar-refractivity contribution in [2.75, 3.05) is 25.1 Å². The minimum Gasteiger partial charge on any atom is -0.329 e. The second kappa shape index (κ2) is 9.91. The average molecular weight is 200 g/mol. The van der Waals surface area contributed by atoms with Crippen LogP contribution in [0.5, 0.6) is 0 Å². The van der Waals surface area contributed by atoms with Crippen molar-refractivity contribution in [3.05, 3.63) is 0 Å². The van der Waals surface area contributed by atoms with Gasteiger partial charge in [0.1, 0.15) is 0 Å². The van der Waals surface area contributed by atoms with Crippen LogP contribution in [-0.4, -0.2) is 31.1 Å². The number of hydrogen-bond donors (Lipinski definition) is 2. The molecule has 0 aromatic carbocycles. The van der Waals surface area contributed by atoms with E-state index in [1.807, 2.05) is 18.7 Å². The Morgan fingerprint density at radius 2 is 2.31 bits per heavy atom. The van der Waals surface area contributed by atoms with Gasteiger partial charge in [-0.25, -0.2) is 0 Å². The average Bonchev–Trinajstić information content (AvgIpc) is 2.17. The van der Waals surface area contributed by atoms with E-state index in [-0.39, 0.29) is 0 Å². The first kappa shape index (κ1) is 12.8. The van der Waals surface area contributed by atoms with Crippen molar-refractivity contribution >= 4 is 11.8 Å². The van der Waals surface area contributed by atoms with Gasteiger partial charge in [-0.3, -0.25) is 0 Å². The lowest BCUT2D eigenvalue weighted by Gasteiger charge is -2.14. The normalized spacial score (nSPS) is 11.9. The van der Waals surface area contributed by atoms with E-state index in [2.05, 4.69) is 23.4 Å². The summed E-state index contributed by atoms with van der Waals surface area (Å²) in [5.74, 6) is 7.08. The Morgan fingerprint density at radius 1 is 1.54 bits per heavy atom. The first-order valence-electron chi connectivity index (χ1n) is 4.67. The summed E-state index contributed by atoms with van der Waals surface area (Å²) in [6.07, 6.45) is 4.19. The molecule has 0 radical (unpaired) electrons. The predicted molar refractivity (Wildman–Crippen MR) is 61.9 cm³/mol. The van der Waals surface area contributed by atoms with E-state index in [1.54, 1.807) is 0 Å². The van der Waals surface area contributed by atoms with Gasteiger partial charge >= 0.3 is 0 Å². The highest BCUT2D eigenvalue weighted by Crippen LogP contribution is 1.99. The summed E-state index contributed by atoms with van der Waals surface area (Å²) in [6, 6.07) is 0.464. The van der Waals surface area contributed by atoms with Crippen LogP contribution >= 0.6 is 11.8 Å². The molecular formula is C10H20N2S. The van der Waals surface area contributed by atoms with Crippen LogP contribution in [0.3, 0.4) is 0 Å². The van der Waals surface area contributed by atoms with E-state index in [9.17, 15) is 0 Å². The van der Waals surface area contributed by atoms with E-state index in [0.29, 0.717) is 6.04 Å². The van der Waals surface area contributed by atoms with Gasteiger partial charge in [0.25, 0.3) is 0 Å². The zero-order valence-corrected chi connectivity index (χ0v) is 9.41. The fourth-order valence-electron chi connectivity index (χ4n) is 1.03. The van der Waals surface area contributed by atoms with Crippen LogP contribution in [0.4, 0.5) is 0 Å². The van der Waals surface area contributed by atoms with E-state index in [4.69, 9.17) is 5.73 Å². The molecular weight excluding hydrogens is 180 g/mol. The zero-order valence-electron chi connectivity index (χ0n) is 8.60. The maximum Gasteiger partial charge on any atom is 0.0214 e. The van der Waals surface area contributed by atoms with Crippen LogP contribution in [0.15, 0.2) is 0 Å². The summed E-state index contributed by atoms with van der Waals surface area (Å²) in [5, 5.41) is 3.40. The molecule has 0 aromatic rings. The summed E-state index contributed by atoms with van der Waals surface area (Å²) in [4.78, 5) is 0. The molecule has 3 N–H and O–H groups in total. The topological polar surface area (TPSA) is 38.0 Å². The number of nitrogens with one attached hydrogen (secondary N) is 1. The Labute approximate surface area is 86.0 Å².